The maximum Gasteiger partial charge on any atom is 0.261 e. The second-order valence-corrected chi connectivity index (χ2v) is 8.51. The van der Waals surface area contributed by atoms with Crippen LogP contribution in [-0.2, 0) is 22.6 Å². The number of amides is 2. The molecule has 1 N–H and O–H groups in total. The molecular weight excluding hydrogens is 459 g/mol. The standard InChI is InChI=1S/C26H26Cl2N2O3/c1-18-13-22(11-12-23(18)28)33-17-25(31)30(16-20-9-6-10-21(27)14-20)24(26(32)29-2)15-19-7-4-3-5-8-19/h3-14,24H,15-17H2,1-2H3,(H,29,32)/t24-/m1/s1. The van der Waals surface area contributed by atoms with Gasteiger partial charge in [0.05, 0.1) is 0 Å². The zero-order valence-electron chi connectivity index (χ0n) is 18.6. The molecule has 0 fully saturated rings. The summed E-state index contributed by atoms with van der Waals surface area (Å²) in [5.74, 6) is -0.0313. The largest absolute Gasteiger partial charge is 0.484 e. The Morgan fingerprint density at radius 3 is 2.36 bits per heavy atom. The van der Waals surface area contributed by atoms with E-state index in [-0.39, 0.29) is 25.0 Å². The van der Waals surface area contributed by atoms with Crippen LogP contribution in [0.4, 0.5) is 0 Å². The van der Waals surface area contributed by atoms with Crippen LogP contribution in [0.3, 0.4) is 0 Å². The Labute approximate surface area is 204 Å². The maximum absolute atomic E-state index is 13.4. The first-order chi connectivity index (χ1) is 15.9. The van der Waals surface area contributed by atoms with E-state index < -0.39 is 6.04 Å². The van der Waals surface area contributed by atoms with Gasteiger partial charge in [0.25, 0.3) is 5.91 Å². The van der Waals surface area contributed by atoms with E-state index in [1.807, 2.05) is 49.4 Å². The summed E-state index contributed by atoms with van der Waals surface area (Å²) in [6.45, 7) is 1.86. The third-order valence-corrected chi connectivity index (χ3v) is 5.91. The lowest BCUT2D eigenvalue weighted by molar-refractivity contribution is -0.142. The molecule has 0 aliphatic carbocycles. The lowest BCUT2D eigenvalue weighted by Gasteiger charge is -2.31. The normalized spacial score (nSPS) is 11.5. The van der Waals surface area contributed by atoms with Gasteiger partial charge in [-0.25, -0.2) is 0 Å². The number of nitrogens with zero attached hydrogens (tertiary/aromatic N) is 1. The van der Waals surface area contributed by atoms with E-state index in [1.165, 1.54) is 0 Å². The number of halogens is 2. The molecule has 3 rings (SSSR count). The highest BCUT2D eigenvalue weighted by atomic mass is 35.5. The number of hydrogen-bond donors (Lipinski definition) is 1. The van der Waals surface area contributed by atoms with E-state index in [2.05, 4.69) is 5.32 Å². The molecular formula is C26H26Cl2N2O3. The van der Waals surface area contributed by atoms with Gasteiger partial charge in [-0.05, 0) is 53.9 Å². The molecule has 7 heteroatoms. The Morgan fingerprint density at radius 2 is 1.70 bits per heavy atom. The molecule has 0 aromatic heterocycles. The fourth-order valence-electron chi connectivity index (χ4n) is 3.49. The first-order valence-corrected chi connectivity index (χ1v) is 11.3. The number of rotatable bonds is 9. The van der Waals surface area contributed by atoms with Gasteiger partial charge in [0.1, 0.15) is 11.8 Å². The molecule has 172 valence electrons. The van der Waals surface area contributed by atoms with Crippen LogP contribution in [0.5, 0.6) is 5.75 Å². The van der Waals surface area contributed by atoms with Gasteiger partial charge < -0.3 is 15.0 Å². The summed E-state index contributed by atoms with van der Waals surface area (Å²) in [6.07, 6.45) is 0.368. The minimum Gasteiger partial charge on any atom is -0.484 e. The molecule has 0 spiro atoms. The minimum absolute atomic E-state index is 0.216. The monoisotopic (exact) mass is 484 g/mol. The van der Waals surface area contributed by atoms with Crippen molar-refractivity contribution >= 4 is 35.0 Å². The van der Waals surface area contributed by atoms with Gasteiger partial charge in [-0.3, -0.25) is 9.59 Å². The van der Waals surface area contributed by atoms with E-state index in [0.717, 1.165) is 16.7 Å². The highest BCUT2D eigenvalue weighted by Crippen LogP contribution is 2.22. The van der Waals surface area contributed by atoms with E-state index in [1.54, 1.807) is 42.3 Å². The molecule has 0 bridgehead atoms. The minimum atomic E-state index is -0.723. The zero-order chi connectivity index (χ0) is 23.8. The summed E-state index contributed by atoms with van der Waals surface area (Å²) in [7, 11) is 1.56. The Kier molecular flexibility index (Phi) is 8.75. The van der Waals surface area contributed by atoms with Crippen molar-refractivity contribution in [3.63, 3.8) is 0 Å². The Balaban J connectivity index is 1.87. The summed E-state index contributed by atoms with van der Waals surface area (Å²) in [4.78, 5) is 27.8. The van der Waals surface area contributed by atoms with Crippen molar-refractivity contribution in [2.75, 3.05) is 13.7 Å². The number of hydrogen-bond acceptors (Lipinski definition) is 3. The number of benzene rings is 3. The van der Waals surface area contributed by atoms with Gasteiger partial charge in [-0.15, -0.1) is 0 Å². The van der Waals surface area contributed by atoms with Crippen molar-refractivity contribution in [2.24, 2.45) is 0 Å². The Morgan fingerprint density at radius 1 is 0.970 bits per heavy atom. The van der Waals surface area contributed by atoms with Crippen molar-refractivity contribution in [3.05, 3.63) is 99.5 Å². The van der Waals surface area contributed by atoms with E-state index in [0.29, 0.717) is 22.2 Å². The third-order valence-electron chi connectivity index (χ3n) is 5.25. The number of carbonyl (C=O) groups excluding carboxylic acids is 2. The van der Waals surface area contributed by atoms with E-state index in [9.17, 15) is 9.59 Å². The summed E-state index contributed by atoms with van der Waals surface area (Å²) < 4.78 is 5.75. The summed E-state index contributed by atoms with van der Waals surface area (Å²) in [5.41, 5.74) is 2.62. The molecule has 0 saturated heterocycles. The first kappa shape index (κ1) is 24.6. The second kappa shape index (κ2) is 11.7. The Hall–Kier alpha value is -3.02. The van der Waals surface area contributed by atoms with Crippen LogP contribution in [0.25, 0.3) is 0 Å². The SMILES string of the molecule is CNC(=O)[C@@H](Cc1ccccc1)N(Cc1cccc(Cl)c1)C(=O)COc1ccc(Cl)c(C)c1. The fraction of sp³-hybridized carbons (Fsp3) is 0.231. The molecule has 0 aliphatic heterocycles. The van der Waals surface area contributed by atoms with Crippen LogP contribution in [-0.4, -0.2) is 36.4 Å². The van der Waals surface area contributed by atoms with Crippen LogP contribution in [0.15, 0.2) is 72.8 Å². The number of likely N-dealkylation sites (N-methyl/N-ethyl adjacent to an activating group) is 1. The van der Waals surface area contributed by atoms with Crippen molar-refractivity contribution in [1.82, 2.24) is 10.2 Å². The molecule has 0 aliphatic rings. The van der Waals surface area contributed by atoms with Crippen molar-refractivity contribution in [3.8, 4) is 5.75 Å². The lowest BCUT2D eigenvalue weighted by atomic mass is 10.0. The zero-order valence-corrected chi connectivity index (χ0v) is 20.1. The predicted molar refractivity (Wildman–Crippen MR) is 132 cm³/mol. The average molecular weight is 485 g/mol. The van der Waals surface area contributed by atoms with Gasteiger partial charge in [-0.2, -0.15) is 0 Å². The van der Waals surface area contributed by atoms with Gasteiger partial charge in [-0.1, -0.05) is 65.7 Å². The summed E-state index contributed by atoms with van der Waals surface area (Å²) in [6, 6.07) is 21.3. The number of ether oxygens (including phenoxy) is 1. The maximum atomic E-state index is 13.4. The molecule has 2 amide bonds. The van der Waals surface area contributed by atoms with Gasteiger partial charge in [0, 0.05) is 30.1 Å². The lowest BCUT2D eigenvalue weighted by Crippen LogP contribution is -2.51. The number of nitrogens with one attached hydrogen (secondary N) is 1. The predicted octanol–water partition coefficient (Wildman–Crippen LogP) is 5.07. The Bertz CT molecular complexity index is 1110. The van der Waals surface area contributed by atoms with Gasteiger partial charge in [0.15, 0.2) is 6.61 Å². The molecule has 5 nitrogen and oxygen atoms in total. The number of carbonyl (C=O) groups is 2. The average Bonchev–Trinajstić information content (AvgIpc) is 2.82. The highest BCUT2D eigenvalue weighted by molar-refractivity contribution is 6.31. The molecule has 1 atom stereocenters. The number of aryl methyl sites for hydroxylation is 1. The van der Waals surface area contributed by atoms with Crippen LogP contribution in [0, 0.1) is 6.92 Å². The molecule has 0 saturated carbocycles. The van der Waals surface area contributed by atoms with Crippen LogP contribution >= 0.6 is 23.2 Å². The molecule has 3 aromatic rings. The third kappa shape index (κ3) is 6.98. The van der Waals surface area contributed by atoms with Gasteiger partial charge >= 0.3 is 0 Å². The van der Waals surface area contributed by atoms with Crippen molar-refractivity contribution in [2.45, 2.75) is 25.9 Å². The van der Waals surface area contributed by atoms with Gasteiger partial charge in [0.2, 0.25) is 5.91 Å². The topological polar surface area (TPSA) is 58.6 Å². The van der Waals surface area contributed by atoms with E-state index >= 15 is 0 Å². The molecule has 0 heterocycles. The van der Waals surface area contributed by atoms with Crippen LogP contribution < -0.4 is 10.1 Å². The van der Waals surface area contributed by atoms with Crippen LogP contribution in [0.2, 0.25) is 10.0 Å². The van der Waals surface area contributed by atoms with E-state index in [4.69, 9.17) is 27.9 Å². The smallest absolute Gasteiger partial charge is 0.261 e. The summed E-state index contributed by atoms with van der Waals surface area (Å²) >= 11 is 12.2. The molecule has 0 unspecified atom stereocenters. The highest BCUT2D eigenvalue weighted by Gasteiger charge is 2.30. The second-order valence-electron chi connectivity index (χ2n) is 7.67. The fourth-order valence-corrected chi connectivity index (χ4v) is 3.82. The summed E-state index contributed by atoms with van der Waals surface area (Å²) in [5, 5.41) is 3.88. The van der Waals surface area contributed by atoms with Crippen molar-refractivity contribution < 1.29 is 14.3 Å². The van der Waals surface area contributed by atoms with Crippen LogP contribution in [0.1, 0.15) is 16.7 Å². The molecule has 3 aromatic carbocycles. The molecule has 0 radical (unpaired) electrons. The first-order valence-electron chi connectivity index (χ1n) is 10.6. The quantitative estimate of drug-likeness (QED) is 0.461. The van der Waals surface area contributed by atoms with Crippen molar-refractivity contribution in [1.29, 1.82) is 0 Å². The molecule has 33 heavy (non-hydrogen) atoms.